The van der Waals surface area contributed by atoms with Gasteiger partial charge >= 0.3 is 5.97 Å². The van der Waals surface area contributed by atoms with E-state index < -0.39 is 11.8 Å². The lowest BCUT2D eigenvalue weighted by Crippen LogP contribution is -2.19. The van der Waals surface area contributed by atoms with Gasteiger partial charge in [-0.05, 0) is 28.5 Å². The van der Waals surface area contributed by atoms with E-state index in [9.17, 15) is 14.1 Å². The molecule has 0 amide bonds. The predicted molar refractivity (Wildman–Crippen MR) is 79.6 cm³/mol. The number of aliphatic carboxylic acids is 1. The van der Waals surface area contributed by atoms with E-state index in [1.165, 1.54) is 12.1 Å². The van der Waals surface area contributed by atoms with Crippen molar-refractivity contribution in [1.29, 1.82) is 0 Å². The van der Waals surface area contributed by atoms with Crippen LogP contribution in [0.1, 0.15) is 5.69 Å². The van der Waals surface area contributed by atoms with E-state index in [0.29, 0.717) is 0 Å². The van der Waals surface area contributed by atoms with Crippen molar-refractivity contribution in [3.8, 4) is 0 Å². The van der Waals surface area contributed by atoms with Crippen molar-refractivity contribution >= 4 is 42.6 Å². The van der Waals surface area contributed by atoms with Crippen LogP contribution in [0.15, 0.2) is 38.1 Å². The molecule has 0 aliphatic rings. The molecule has 0 spiro atoms. The molecule has 0 saturated carbocycles. The predicted octanol–water partition coefficient (Wildman–Crippen LogP) is 0.528. The number of halogens is 1. The number of nitrogens with one attached hydrogen (secondary N) is 1. The molecule has 23 heavy (non-hydrogen) atoms. The van der Waals surface area contributed by atoms with E-state index in [-0.39, 0.29) is 33.5 Å². The zero-order valence-electron chi connectivity index (χ0n) is 11.3. The second kappa shape index (κ2) is 7.49. The van der Waals surface area contributed by atoms with Gasteiger partial charge in [0.15, 0.2) is 16.6 Å². The van der Waals surface area contributed by atoms with Gasteiger partial charge in [0.05, 0.1) is 16.7 Å². The summed E-state index contributed by atoms with van der Waals surface area (Å²) in [6.07, 6.45) is 0. The average molecular weight is 335 g/mol. The number of carboxylic acids is 1. The molecule has 0 aliphatic heterocycles. The minimum Gasteiger partial charge on any atom is -0.481 e. The van der Waals surface area contributed by atoms with E-state index in [1.807, 2.05) is 0 Å². The lowest BCUT2D eigenvalue weighted by Gasteiger charge is -2.03. The van der Waals surface area contributed by atoms with E-state index in [0.717, 1.165) is 17.8 Å². The molecule has 1 aromatic heterocycles. The van der Waals surface area contributed by atoms with Crippen molar-refractivity contribution in [2.45, 2.75) is 5.03 Å². The highest BCUT2D eigenvalue weighted by molar-refractivity contribution is 7.99. The summed E-state index contributed by atoms with van der Waals surface area (Å²) in [4.78, 5) is 25.1. The molecular formula is C11H7BFN5O4S. The number of aliphatic imine (C=N–C) groups is 1. The number of thioether (sulfide) groups is 1. The highest BCUT2D eigenvalue weighted by Crippen LogP contribution is 2.21. The van der Waals surface area contributed by atoms with Gasteiger partial charge in [-0.25, -0.2) is 19.4 Å². The molecule has 9 nitrogen and oxygen atoms in total. The maximum absolute atomic E-state index is 13.1. The van der Waals surface area contributed by atoms with Crippen molar-refractivity contribution in [2.75, 3.05) is 5.75 Å². The first-order valence-electron chi connectivity index (χ1n) is 5.91. The van der Waals surface area contributed by atoms with Crippen LogP contribution in [0.3, 0.4) is 0 Å². The van der Waals surface area contributed by atoms with Crippen LogP contribution in [-0.2, 0) is 4.79 Å². The zero-order chi connectivity index (χ0) is 16.8. The Balaban J connectivity index is 2.36. The van der Waals surface area contributed by atoms with Gasteiger partial charge in [-0.15, -0.1) is 4.91 Å². The Morgan fingerprint density at radius 3 is 2.91 bits per heavy atom. The quantitative estimate of drug-likeness (QED) is 0.195. The number of nitroso groups, excluding NO2 is 1. The fraction of sp³-hybridized carbons (Fsp3) is 0.0909. The normalized spacial score (nSPS) is 11.3. The summed E-state index contributed by atoms with van der Waals surface area (Å²) in [5, 5.41) is 18.3. The second-order valence-electron chi connectivity index (χ2n) is 3.97. The molecule has 2 rings (SSSR count). The van der Waals surface area contributed by atoms with Gasteiger partial charge in [0.1, 0.15) is 13.7 Å². The van der Waals surface area contributed by atoms with E-state index >= 15 is 0 Å². The maximum atomic E-state index is 13.1. The summed E-state index contributed by atoms with van der Waals surface area (Å²) in [6, 6.07) is 3.65. The van der Waals surface area contributed by atoms with Crippen molar-refractivity contribution in [3.63, 3.8) is 0 Å². The van der Waals surface area contributed by atoms with Crippen molar-refractivity contribution in [3.05, 3.63) is 34.6 Å². The summed E-state index contributed by atoms with van der Waals surface area (Å²) in [7, 11) is 5.43. The zero-order valence-corrected chi connectivity index (χ0v) is 12.1. The molecule has 12 heteroatoms. The summed E-state index contributed by atoms with van der Waals surface area (Å²) < 4.78 is 17.7. The molecule has 2 aromatic rings. The minimum atomic E-state index is -1.07. The van der Waals surface area contributed by atoms with Gasteiger partial charge in [-0.1, -0.05) is 17.2 Å². The highest BCUT2D eigenvalue weighted by atomic mass is 32.2. The lowest BCUT2D eigenvalue weighted by atomic mass is 9.95. The number of hydrogen-bond donors (Lipinski definition) is 2. The number of carboxylic acid groups (broad SMARTS) is 1. The van der Waals surface area contributed by atoms with Gasteiger partial charge in [0.2, 0.25) is 0 Å². The first-order chi connectivity index (χ1) is 11.0. The van der Waals surface area contributed by atoms with Gasteiger partial charge in [0, 0.05) is 0 Å². The lowest BCUT2D eigenvalue weighted by molar-refractivity contribution is -0.133. The Bertz CT molecular complexity index is 769. The number of rotatable bonds is 6. The first-order valence-corrected chi connectivity index (χ1v) is 6.89. The van der Waals surface area contributed by atoms with Gasteiger partial charge in [0.25, 0.3) is 0 Å². The van der Waals surface area contributed by atoms with Crippen LogP contribution < -0.4 is 10.9 Å². The molecule has 0 fully saturated rings. The summed E-state index contributed by atoms with van der Waals surface area (Å²) in [5.74, 6) is -2.14. The van der Waals surface area contributed by atoms with Crippen molar-refractivity contribution in [2.24, 2.45) is 10.3 Å². The third kappa shape index (κ3) is 4.36. The summed E-state index contributed by atoms with van der Waals surface area (Å²) in [6.45, 7) is 0. The third-order valence-corrected chi connectivity index (χ3v) is 3.32. The van der Waals surface area contributed by atoms with Crippen LogP contribution >= 0.6 is 11.8 Å². The number of benzene rings is 1. The highest BCUT2D eigenvalue weighted by Gasteiger charge is 2.18. The monoisotopic (exact) mass is 335 g/mol. The Morgan fingerprint density at radius 2 is 2.26 bits per heavy atom. The molecule has 1 heterocycles. The first kappa shape index (κ1) is 16.6. The molecule has 2 N–H and O–H groups in total. The van der Waals surface area contributed by atoms with Crippen LogP contribution in [0.4, 0.5) is 10.1 Å². The molecule has 116 valence electrons. The topological polar surface area (TPSA) is 130 Å². The average Bonchev–Trinajstić information content (AvgIpc) is 2.97. The maximum Gasteiger partial charge on any atom is 0.313 e. The Labute approximate surface area is 133 Å². The molecule has 1 aromatic carbocycles. The van der Waals surface area contributed by atoms with Gasteiger partial charge in [-0.3, -0.25) is 4.79 Å². The summed E-state index contributed by atoms with van der Waals surface area (Å²) >= 11 is 0.816. The largest absolute Gasteiger partial charge is 0.481 e. The van der Waals surface area contributed by atoms with Crippen molar-refractivity contribution in [1.82, 2.24) is 15.7 Å². The number of carbonyl (C=O) groups is 1. The fourth-order valence-corrected chi connectivity index (χ4v) is 2.07. The third-order valence-electron chi connectivity index (χ3n) is 2.39. The molecule has 0 aliphatic carbocycles. The van der Waals surface area contributed by atoms with Crippen LogP contribution in [0.2, 0.25) is 0 Å². The van der Waals surface area contributed by atoms with E-state index in [2.05, 4.69) is 30.6 Å². The fourth-order valence-electron chi connectivity index (χ4n) is 1.45. The van der Waals surface area contributed by atoms with Crippen LogP contribution in [-0.4, -0.2) is 40.8 Å². The number of amidine groups is 1. The number of nitrogens with zero attached hydrogens (tertiary/aromatic N) is 4. The molecule has 0 bridgehead atoms. The molecule has 0 unspecified atom stereocenters. The van der Waals surface area contributed by atoms with Crippen LogP contribution in [0.5, 0.6) is 0 Å². The summed E-state index contributed by atoms with van der Waals surface area (Å²) in [5.41, 5.74) is 2.12. The minimum absolute atomic E-state index is 0.0150. The van der Waals surface area contributed by atoms with Gasteiger partial charge in [-0.2, -0.15) is 0 Å². The SMILES string of the molecule is [B]c1cc(N=C(NN=O)c2nonc2SCC(=O)O)ccc1F. The smallest absolute Gasteiger partial charge is 0.313 e. The Hall–Kier alpha value is -2.76. The molecule has 0 saturated heterocycles. The van der Waals surface area contributed by atoms with E-state index in [4.69, 9.17) is 13.0 Å². The van der Waals surface area contributed by atoms with Crippen molar-refractivity contribution < 1.29 is 18.9 Å². The Kier molecular flexibility index (Phi) is 5.41. The number of aromatic nitrogens is 2. The van der Waals surface area contributed by atoms with Gasteiger partial charge < -0.3 is 5.11 Å². The molecule has 2 radical (unpaired) electrons. The van der Waals surface area contributed by atoms with Crippen LogP contribution in [0, 0.1) is 10.7 Å². The second-order valence-corrected chi connectivity index (χ2v) is 4.93. The molecular weight excluding hydrogens is 328 g/mol. The van der Waals surface area contributed by atoms with Crippen LogP contribution in [0.25, 0.3) is 0 Å². The standard InChI is InChI=1S/C11H7BFN5O4S/c12-6-3-5(1-2-7(6)13)14-10(15-18-21)9-11(17-22-16-9)23-4-8(19)20/h1-3H,4H2,(H,19,20)(H,14,15,21). The number of hydrogen-bond acceptors (Lipinski definition) is 8. The Morgan fingerprint density at radius 1 is 1.48 bits per heavy atom. The van der Waals surface area contributed by atoms with E-state index in [1.54, 1.807) is 0 Å². The molecule has 0 atom stereocenters.